The number of carbonyl (C=O) groups excluding carboxylic acids is 1. The Balaban J connectivity index is 1.75. The van der Waals surface area contributed by atoms with Gasteiger partial charge in [0.15, 0.2) is 0 Å². The van der Waals surface area contributed by atoms with Gasteiger partial charge in [-0.2, -0.15) is 0 Å². The summed E-state index contributed by atoms with van der Waals surface area (Å²) >= 11 is 0. The van der Waals surface area contributed by atoms with Crippen molar-refractivity contribution in [2.45, 2.75) is 45.2 Å². The summed E-state index contributed by atoms with van der Waals surface area (Å²) in [5.74, 6) is -0.787. The van der Waals surface area contributed by atoms with Gasteiger partial charge in [-0.25, -0.2) is 9.59 Å². The molecule has 1 fully saturated rings. The average Bonchev–Trinajstić information content (AvgIpc) is 2.59. The number of hydrogen-bond donors (Lipinski definition) is 2. The molecular formula is C18H25N3O4. The van der Waals surface area contributed by atoms with Crippen LogP contribution in [0.1, 0.15) is 38.3 Å². The molecule has 4 atom stereocenters. The molecule has 2 N–H and O–H groups in total. The Hall–Kier alpha value is -2.31. The minimum atomic E-state index is -1.00. The molecule has 1 saturated heterocycles. The van der Waals surface area contributed by atoms with Crippen molar-refractivity contribution in [3.8, 4) is 0 Å². The molecule has 0 radical (unpaired) electrons. The van der Waals surface area contributed by atoms with E-state index in [2.05, 4.69) is 5.32 Å². The van der Waals surface area contributed by atoms with Crippen molar-refractivity contribution in [1.82, 2.24) is 14.8 Å². The number of carbonyl (C=O) groups is 2. The van der Waals surface area contributed by atoms with Gasteiger partial charge in [-0.05, 0) is 24.3 Å². The standard InChI is InChI=1S/C18H25N3O4/c1-3-11(2)16(17(23)24)19-18(25)20-8-12-7-13(10-20)14-5-4-6-15(22)21(14)9-12/h4-6,11-13,16H,3,7-10H2,1-2H3,(H,19,25)(H,23,24)/t11-,12+,13-,16+/m0/s1. The maximum Gasteiger partial charge on any atom is 0.326 e. The molecule has 136 valence electrons. The van der Waals surface area contributed by atoms with Crippen LogP contribution < -0.4 is 10.9 Å². The highest BCUT2D eigenvalue weighted by molar-refractivity contribution is 5.83. The van der Waals surface area contributed by atoms with Gasteiger partial charge in [0.25, 0.3) is 5.56 Å². The first kappa shape index (κ1) is 17.5. The number of urea groups is 1. The van der Waals surface area contributed by atoms with Gasteiger partial charge in [0.1, 0.15) is 6.04 Å². The van der Waals surface area contributed by atoms with Crippen molar-refractivity contribution in [2.75, 3.05) is 13.1 Å². The van der Waals surface area contributed by atoms with Crippen LogP contribution in [0.3, 0.4) is 0 Å². The SMILES string of the molecule is CC[C@H](C)[C@@H](NC(=O)N1C[C@H]2C[C@@H](C1)c1cccc(=O)n1C2)C(=O)O. The molecule has 3 heterocycles. The van der Waals surface area contributed by atoms with E-state index in [9.17, 15) is 19.5 Å². The highest BCUT2D eigenvalue weighted by atomic mass is 16.4. The molecule has 7 nitrogen and oxygen atoms in total. The average molecular weight is 347 g/mol. The number of hydrogen-bond acceptors (Lipinski definition) is 3. The van der Waals surface area contributed by atoms with E-state index in [1.807, 2.05) is 24.5 Å². The summed E-state index contributed by atoms with van der Waals surface area (Å²) in [4.78, 5) is 37.8. The Morgan fingerprint density at radius 3 is 2.76 bits per heavy atom. The lowest BCUT2D eigenvalue weighted by molar-refractivity contribution is -0.140. The maximum absolute atomic E-state index is 12.6. The summed E-state index contributed by atoms with van der Waals surface area (Å²) in [5.41, 5.74) is 0.978. The zero-order chi connectivity index (χ0) is 18.1. The monoisotopic (exact) mass is 347 g/mol. The number of nitrogens with one attached hydrogen (secondary N) is 1. The molecule has 25 heavy (non-hydrogen) atoms. The summed E-state index contributed by atoms with van der Waals surface area (Å²) in [6.07, 6.45) is 1.64. The number of carboxylic acids is 1. The van der Waals surface area contributed by atoms with Crippen LogP contribution in [-0.4, -0.2) is 45.7 Å². The molecule has 0 aliphatic carbocycles. The Kier molecular flexibility index (Phi) is 4.83. The van der Waals surface area contributed by atoms with Crippen LogP contribution >= 0.6 is 0 Å². The molecule has 1 aromatic rings. The Labute approximate surface area is 146 Å². The van der Waals surface area contributed by atoms with Crippen LogP contribution in [0.2, 0.25) is 0 Å². The third-order valence-electron chi connectivity index (χ3n) is 5.52. The van der Waals surface area contributed by atoms with E-state index in [1.54, 1.807) is 17.0 Å². The number of piperidine rings is 1. The number of aromatic nitrogens is 1. The first-order chi connectivity index (χ1) is 11.9. The quantitative estimate of drug-likeness (QED) is 0.863. The predicted octanol–water partition coefficient (Wildman–Crippen LogP) is 1.48. The zero-order valence-corrected chi connectivity index (χ0v) is 14.6. The minimum absolute atomic E-state index is 0.00723. The minimum Gasteiger partial charge on any atom is -0.480 e. The summed E-state index contributed by atoms with van der Waals surface area (Å²) in [6.45, 7) is 5.41. The van der Waals surface area contributed by atoms with Crippen LogP contribution in [0.4, 0.5) is 4.79 Å². The van der Waals surface area contributed by atoms with Crippen LogP contribution in [-0.2, 0) is 11.3 Å². The molecule has 2 aliphatic rings. The van der Waals surface area contributed by atoms with Gasteiger partial charge in [0.05, 0.1) is 0 Å². The lowest BCUT2D eigenvalue weighted by Gasteiger charge is -2.43. The van der Waals surface area contributed by atoms with Crippen molar-refractivity contribution in [3.63, 3.8) is 0 Å². The van der Waals surface area contributed by atoms with Crippen LogP contribution in [0.5, 0.6) is 0 Å². The van der Waals surface area contributed by atoms with Crippen LogP contribution in [0, 0.1) is 11.8 Å². The van der Waals surface area contributed by atoms with E-state index in [0.29, 0.717) is 26.1 Å². The van der Waals surface area contributed by atoms with Crippen molar-refractivity contribution in [1.29, 1.82) is 0 Å². The number of aliphatic carboxylic acids is 1. The summed E-state index contributed by atoms with van der Waals surface area (Å²) in [5, 5.41) is 12.1. The van der Waals surface area contributed by atoms with E-state index >= 15 is 0 Å². The van der Waals surface area contributed by atoms with Gasteiger partial charge in [0.2, 0.25) is 0 Å². The van der Waals surface area contributed by atoms with E-state index in [-0.39, 0.29) is 29.3 Å². The number of fused-ring (bicyclic) bond motifs is 4. The number of likely N-dealkylation sites (tertiary alicyclic amines) is 1. The first-order valence-electron chi connectivity index (χ1n) is 8.88. The van der Waals surface area contributed by atoms with Gasteiger partial charge in [-0.1, -0.05) is 26.3 Å². The second kappa shape index (κ2) is 6.90. The van der Waals surface area contributed by atoms with Gasteiger partial charge < -0.3 is 19.9 Å². The number of nitrogens with zero attached hydrogens (tertiary/aromatic N) is 2. The number of amides is 2. The highest BCUT2D eigenvalue weighted by Crippen LogP contribution is 2.34. The molecular weight excluding hydrogens is 322 g/mol. The van der Waals surface area contributed by atoms with Crippen LogP contribution in [0.25, 0.3) is 0 Å². The Morgan fingerprint density at radius 2 is 2.08 bits per heavy atom. The molecule has 0 aromatic carbocycles. The van der Waals surface area contributed by atoms with Crippen molar-refractivity contribution in [2.24, 2.45) is 11.8 Å². The molecule has 3 rings (SSSR count). The fourth-order valence-corrected chi connectivity index (χ4v) is 3.97. The Morgan fingerprint density at radius 1 is 1.32 bits per heavy atom. The van der Waals surface area contributed by atoms with Crippen molar-refractivity contribution in [3.05, 3.63) is 34.2 Å². The summed E-state index contributed by atoms with van der Waals surface area (Å²) < 4.78 is 1.81. The first-order valence-corrected chi connectivity index (χ1v) is 8.88. The second-order valence-electron chi connectivity index (χ2n) is 7.25. The molecule has 1 aromatic heterocycles. The maximum atomic E-state index is 12.6. The molecule has 2 amide bonds. The molecule has 0 spiro atoms. The number of carboxylic acid groups (broad SMARTS) is 1. The molecule has 0 saturated carbocycles. The topological polar surface area (TPSA) is 91.6 Å². The fourth-order valence-electron chi connectivity index (χ4n) is 3.97. The normalized spacial score (nSPS) is 24.2. The Bertz CT molecular complexity index is 729. The number of pyridine rings is 1. The van der Waals surface area contributed by atoms with Crippen molar-refractivity contribution < 1.29 is 14.7 Å². The van der Waals surface area contributed by atoms with E-state index in [1.165, 1.54) is 0 Å². The third kappa shape index (κ3) is 3.41. The zero-order valence-electron chi connectivity index (χ0n) is 14.6. The lowest BCUT2D eigenvalue weighted by atomic mass is 9.83. The highest BCUT2D eigenvalue weighted by Gasteiger charge is 2.37. The number of rotatable bonds is 4. The van der Waals surface area contributed by atoms with Gasteiger partial charge >= 0.3 is 12.0 Å². The third-order valence-corrected chi connectivity index (χ3v) is 5.52. The molecule has 0 unspecified atom stereocenters. The molecule has 2 bridgehead atoms. The predicted molar refractivity (Wildman–Crippen MR) is 92.5 cm³/mol. The van der Waals surface area contributed by atoms with Gasteiger partial charge in [-0.15, -0.1) is 0 Å². The summed E-state index contributed by atoms with van der Waals surface area (Å²) in [7, 11) is 0. The second-order valence-corrected chi connectivity index (χ2v) is 7.25. The molecule has 7 heteroatoms. The van der Waals surface area contributed by atoms with Crippen LogP contribution in [0.15, 0.2) is 23.0 Å². The van der Waals surface area contributed by atoms with E-state index in [0.717, 1.165) is 12.1 Å². The van der Waals surface area contributed by atoms with Gasteiger partial charge in [-0.3, -0.25) is 4.79 Å². The smallest absolute Gasteiger partial charge is 0.326 e. The van der Waals surface area contributed by atoms with Crippen molar-refractivity contribution >= 4 is 12.0 Å². The van der Waals surface area contributed by atoms with Gasteiger partial charge in [0, 0.05) is 37.3 Å². The summed E-state index contributed by atoms with van der Waals surface area (Å²) in [6, 6.07) is 4.07. The van der Waals surface area contributed by atoms with E-state index in [4.69, 9.17) is 0 Å². The van der Waals surface area contributed by atoms with E-state index < -0.39 is 12.0 Å². The lowest BCUT2D eigenvalue weighted by Crippen LogP contribution is -2.55. The largest absolute Gasteiger partial charge is 0.480 e. The fraction of sp³-hybridized carbons (Fsp3) is 0.611. The molecule has 2 aliphatic heterocycles.